The molecule has 2 rings (SSSR count). The van der Waals surface area contributed by atoms with Gasteiger partial charge >= 0.3 is 0 Å². The Morgan fingerprint density at radius 3 is 2.55 bits per heavy atom. The number of rotatable bonds is 6. The minimum Gasteiger partial charge on any atom is -0.383 e. The molecule has 0 aliphatic rings. The van der Waals surface area contributed by atoms with E-state index in [1.165, 1.54) is 5.56 Å². The van der Waals surface area contributed by atoms with Gasteiger partial charge in [-0.25, -0.2) is 4.98 Å². The van der Waals surface area contributed by atoms with E-state index in [1.807, 2.05) is 13.1 Å². The van der Waals surface area contributed by atoms with Crippen LogP contribution in [-0.2, 0) is 11.3 Å². The van der Waals surface area contributed by atoms with E-state index in [-0.39, 0.29) is 0 Å². The number of anilines is 2. The van der Waals surface area contributed by atoms with Crippen molar-refractivity contribution < 1.29 is 4.74 Å². The molecule has 0 fully saturated rings. The smallest absolute Gasteiger partial charge is 0.207 e. The van der Waals surface area contributed by atoms with Crippen molar-refractivity contribution in [3.8, 4) is 0 Å². The Hall–Kier alpha value is -1.81. The number of aryl methyl sites for hydroxylation is 1. The van der Waals surface area contributed by atoms with Crippen LogP contribution in [0.15, 0.2) is 30.5 Å². The molecule has 0 saturated heterocycles. The first-order chi connectivity index (χ1) is 9.60. The van der Waals surface area contributed by atoms with E-state index in [4.69, 9.17) is 4.74 Å². The predicted molar refractivity (Wildman–Crippen MR) is 82.7 cm³/mol. The Labute approximate surface area is 120 Å². The first-order valence-electron chi connectivity index (χ1n) is 7.00. The van der Waals surface area contributed by atoms with Crippen LogP contribution in [-0.4, -0.2) is 23.3 Å². The van der Waals surface area contributed by atoms with Crippen molar-refractivity contribution in [1.29, 1.82) is 0 Å². The highest BCUT2D eigenvalue weighted by Gasteiger charge is 2.06. The standard InChI is InChI=1S/C16H23N3O/c1-12(2)14-5-7-15(8-6-14)18-16-17-13(3)11-19(16)9-10-20-4/h5-8,11-12H,9-10H2,1-4H3,(H,17,18). The average molecular weight is 273 g/mol. The number of nitrogens with one attached hydrogen (secondary N) is 1. The van der Waals surface area contributed by atoms with Gasteiger partial charge in [0.05, 0.1) is 12.3 Å². The quantitative estimate of drug-likeness (QED) is 0.872. The third-order valence-electron chi connectivity index (χ3n) is 3.27. The van der Waals surface area contributed by atoms with Crippen LogP contribution in [0.3, 0.4) is 0 Å². The van der Waals surface area contributed by atoms with Crippen molar-refractivity contribution in [3.63, 3.8) is 0 Å². The summed E-state index contributed by atoms with van der Waals surface area (Å²) in [5, 5.41) is 3.36. The molecule has 0 aliphatic heterocycles. The summed E-state index contributed by atoms with van der Waals surface area (Å²) in [7, 11) is 1.71. The zero-order valence-corrected chi connectivity index (χ0v) is 12.7. The van der Waals surface area contributed by atoms with Crippen molar-refractivity contribution in [2.75, 3.05) is 19.0 Å². The number of imidazole rings is 1. The second kappa shape index (κ2) is 6.57. The van der Waals surface area contributed by atoms with Crippen molar-refractivity contribution in [2.24, 2.45) is 0 Å². The first-order valence-corrected chi connectivity index (χ1v) is 7.00. The van der Waals surface area contributed by atoms with Crippen molar-refractivity contribution >= 4 is 11.6 Å². The molecule has 0 saturated carbocycles. The molecule has 1 aromatic carbocycles. The van der Waals surface area contributed by atoms with Gasteiger partial charge in [0.25, 0.3) is 0 Å². The molecule has 0 bridgehead atoms. The fourth-order valence-corrected chi connectivity index (χ4v) is 2.09. The zero-order valence-electron chi connectivity index (χ0n) is 12.7. The fraction of sp³-hybridized carbons (Fsp3) is 0.438. The number of ether oxygens (including phenoxy) is 1. The van der Waals surface area contributed by atoms with Crippen LogP contribution in [0, 0.1) is 6.92 Å². The molecular formula is C16H23N3O. The third-order valence-corrected chi connectivity index (χ3v) is 3.27. The van der Waals surface area contributed by atoms with Crippen molar-refractivity contribution in [1.82, 2.24) is 9.55 Å². The Morgan fingerprint density at radius 2 is 1.95 bits per heavy atom. The highest BCUT2D eigenvalue weighted by molar-refractivity contribution is 5.54. The molecule has 0 aliphatic carbocycles. The van der Waals surface area contributed by atoms with E-state index in [0.717, 1.165) is 23.9 Å². The summed E-state index contributed by atoms with van der Waals surface area (Å²) in [6.07, 6.45) is 2.03. The minimum absolute atomic E-state index is 0.551. The van der Waals surface area contributed by atoms with Gasteiger partial charge in [-0.15, -0.1) is 0 Å². The topological polar surface area (TPSA) is 39.1 Å². The monoisotopic (exact) mass is 273 g/mol. The van der Waals surface area contributed by atoms with Gasteiger partial charge in [-0.05, 0) is 30.5 Å². The summed E-state index contributed by atoms with van der Waals surface area (Å²) in [6, 6.07) is 8.50. The maximum atomic E-state index is 5.13. The number of aromatic nitrogens is 2. The molecule has 2 aromatic rings. The molecular weight excluding hydrogens is 250 g/mol. The molecule has 1 aromatic heterocycles. The lowest BCUT2D eigenvalue weighted by Gasteiger charge is -2.11. The molecule has 108 valence electrons. The molecule has 4 nitrogen and oxygen atoms in total. The SMILES string of the molecule is COCCn1cc(C)nc1Nc1ccc(C(C)C)cc1. The zero-order chi connectivity index (χ0) is 14.5. The number of hydrogen-bond donors (Lipinski definition) is 1. The van der Waals surface area contributed by atoms with Gasteiger partial charge in [-0.2, -0.15) is 0 Å². The Balaban J connectivity index is 2.12. The second-order valence-electron chi connectivity index (χ2n) is 5.29. The Bertz CT molecular complexity index is 543. The molecule has 0 atom stereocenters. The Morgan fingerprint density at radius 1 is 1.25 bits per heavy atom. The highest BCUT2D eigenvalue weighted by Crippen LogP contribution is 2.20. The summed E-state index contributed by atoms with van der Waals surface area (Å²) in [5.74, 6) is 1.41. The largest absolute Gasteiger partial charge is 0.383 e. The second-order valence-corrected chi connectivity index (χ2v) is 5.29. The molecule has 1 N–H and O–H groups in total. The fourth-order valence-electron chi connectivity index (χ4n) is 2.09. The number of methoxy groups -OCH3 is 1. The van der Waals surface area contributed by atoms with Crippen molar-refractivity contribution in [3.05, 3.63) is 41.7 Å². The van der Waals surface area contributed by atoms with Crippen LogP contribution in [0.2, 0.25) is 0 Å². The van der Waals surface area contributed by atoms with Crippen LogP contribution in [0.4, 0.5) is 11.6 Å². The maximum Gasteiger partial charge on any atom is 0.207 e. The van der Waals surface area contributed by atoms with Crippen LogP contribution in [0.1, 0.15) is 31.0 Å². The van der Waals surface area contributed by atoms with Gasteiger partial charge in [0.2, 0.25) is 5.95 Å². The van der Waals surface area contributed by atoms with E-state index < -0.39 is 0 Å². The number of benzene rings is 1. The van der Waals surface area contributed by atoms with Gasteiger partial charge in [-0.1, -0.05) is 26.0 Å². The summed E-state index contributed by atoms with van der Waals surface area (Å²) < 4.78 is 7.20. The average Bonchev–Trinajstić information content (AvgIpc) is 2.77. The van der Waals surface area contributed by atoms with E-state index in [9.17, 15) is 0 Å². The first kappa shape index (κ1) is 14.6. The summed E-state index contributed by atoms with van der Waals surface area (Å²) in [4.78, 5) is 4.51. The summed E-state index contributed by atoms with van der Waals surface area (Å²) in [5.41, 5.74) is 3.40. The third kappa shape index (κ3) is 3.61. The van der Waals surface area contributed by atoms with E-state index in [2.05, 4.69) is 53.0 Å². The van der Waals surface area contributed by atoms with Gasteiger partial charge in [0, 0.05) is 25.5 Å². The molecule has 4 heteroatoms. The molecule has 20 heavy (non-hydrogen) atoms. The van der Waals surface area contributed by atoms with Gasteiger partial charge < -0.3 is 14.6 Å². The lowest BCUT2D eigenvalue weighted by Crippen LogP contribution is -2.07. The van der Waals surface area contributed by atoms with Crippen LogP contribution in [0.25, 0.3) is 0 Å². The molecule has 0 spiro atoms. The van der Waals surface area contributed by atoms with Crippen LogP contribution >= 0.6 is 0 Å². The van der Waals surface area contributed by atoms with E-state index >= 15 is 0 Å². The summed E-state index contributed by atoms with van der Waals surface area (Å²) in [6.45, 7) is 7.86. The number of hydrogen-bond acceptors (Lipinski definition) is 3. The molecule has 0 amide bonds. The normalized spacial score (nSPS) is 11.1. The lowest BCUT2D eigenvalue weighted by molar-refractivity contribution is 0.188. The van der Waals surface area contributed by atoms with Crippen molar-refractivity contribution in [2.45, 2.75) is 33.2 Å². The maximum absolute atomic E-state index is 5.13. The van der Waals surface area contributed by atoms with Crippen LogP contribution < -0.4 is 5.32 Å². The highest BCUT2D eigenvalue weighted by atomic mass is 16.5. The van der Waals surface area contributed by atoms with Crippen LogP contribution in [0.5, 0.6) is 0 Å². The Kier molecular flexibility index (Phi) is 4.79. The lowest BCUT2D eigenvalue weighted by atomic mass is 10.0. The number of nitrogens with zero attached hydrogens (tertiary/aromatic N) is 2. The molecule has 0 unspecified atom stereocenters. The van der Waals surface area contributed by atoms with E-state index in [0.29, 0.717) is 12.5 Å². The van der Waals surface area contributed by atoms with Gasteiger partial charge in [0.15, 0.2) is 0 Å². The van der Waals surface area contributed by atoms with Gasteiger partial charge in [0.1, 0.15) is 0 Å². The minimum atomic E-state index is 0.551. The molecule has 1 heterocycles. The van der Waals surface area contributed by atoms with Gasteiger partial charge in [-0.3, -0.25) is 0 Å². The molecule has 0 radical (unpaired) electrons. The summed E-state index contributed by atoms with van der Waals surface area (Å²) >= 11 is 0. The van der Waals surface area contributed by atoms with E-state index in [1.54, 1.807) is 7.11 Å². The predicted octanol–water partition coefficient (Wildman–Crippen LogP) is 3.70.